The van der Waals surface area contributed by atoms with Crippen molar-refractivity contribution in [2.75, 3.05) is 48.7 Å². The standard InChI is InChI=1S/C17H22N6O3S2/c1-2-7-18-16-19-20-17(28-16)27-12-15(24)22-10-8-21(9-11-22)13-3-5-14(6-4-13)23(25)26/h3-6H,2,7-12H2,1H3,(H,18,19). The first-order valence-corrected chi connectivity index (χ1v) is 10.8. The van der Waals surface area contributed by atoms with Crippen molar-refractivity contribution in [2.45, 2.75) is 17.7 Å². The van der Waals surface area contributed by atoms with Crippen molar-refractivity contribution < 1.29 is 9.72 Å². The van der Waals surface area contributed by atoms with E-state index < -0.39 is 4.92 Å². The third kappa shape index (κ3) is 5.32. The first-order valence-electron chi connectivity index (χ1n) is 9.04. The molecule has 3 rings (SSSR count). The van der Waals surface area contributed by atoms with Gasteiger partial charge < -0.3 is 15.1 Å². The van der Waals surface area contributed by atoms with Gasteiger partial charge in [0.15, 0.2) is 4.34 Å². The Hall–Kier alpha value is -2.40. The molecule has 1 amide bonds. The Labute approximate surface area is 171 Å². The lowest BCUT2D eigenvalue weighted by Gasteiger charge is -2.36. The summed E-state index contributed by atoms with van der Waals surface area (Å²) >= 11 is 2.88. The molecule has 1 aliphatic heterocycles. The molecule has 11 heteroatoms. The zero-order chi connectivity index (χ0) is 19.9. The van der Waals surface area contributed by atoms with Gasteiger partial charge >= 0.3 is 0 Å². The maximum atomic E-state index is 12.5. The highest BCUT2D eigenvalue weighted by Crippen LogP contribution is 2.26. The van der Waals surface area contributed by atoms with Crippen LogP contribution < -0.4 is 10.2 Å². The Bertz CT molecular complexity index is 805. The predicted octanol–water partition coefficient (Wildman–Crippen LogP) is 2.71. The maximum Gasteiger partial charge on any atom is 0.269 e. The lowest BCUT2D eigenvalue weighted by Crippen LogP contribution is -2.49. The number of carbonyl (C=O) groups is 1. The van der Waals surface area contributed by atoms with Gasteiger partial charge in [0.2, 0.25) is 11.0 Å². The van der Waals surface area contributed by atoms with Crippen LogP contribution in [0.2, 0.25) is 0 Å². The molecule has 0 saturated carbocycles. The van der Waals surface area contributed by atoms with Gasteiger partial charge in [-0.3, -0.25) is 14.9 Å². The third-order valence-corrected chi connectivity index (χ3v) is 6.31. The third-order valence-electron chi connectivity index (χ3n) is 4.31. The summed E-state index contributed by atoms with van der Waals surface area (Å²) in [4.78, 5) is 26.8. The highest BCUT2D eigenvalue weighted by Gasteiger charge is 2.22. The number of carbonyl (C=O) groups excluding carboxylic acids is 1. The van der Waals surface area contributed by atoms with Crippen LogP contribution >= 0.6 is 23.1 Å². The minimum atomic E-state index is -0.404. The number of thioether (sulfide) groups is 1. The second-order valence-electron chi connectivity index (χ2n) is 6.23. The number of aromatic nitrogens is 2. The Morgan fingerprint density at radius 1 is 1.25 bits per heavy atom. The molecule has 1 fully saturated rings. The summed E-state index contributed by atoms with van der Waals surface area (Å²) in [7, 11) is 0. The van der Waals surface area contributed by atoms with E-state index in [4.69, 9.17) is 0 Å². The molecule has 1 saturated heterocycles. The molecule has 2 heterocycles. The minimum Gasteiger partial charge on any atom is -0.368 e. The van der Waals surface area contributed by atoms with Crippen molar-refractivity contribution >= 4 is 45.5 Å². The summed E-state index contributed by atoms with van der Waals surface area (Å²) in [5, 5.41) is 22.9. The summed E-state index contributed by atoms with van der Waals surface area (Å²) in [6.07, 6.45) is 1.02. The minimum absolute atomic E-state index is 0.0827. The summed E-state index contributed by atoms with van der Waals surface area (Å²) in [5.41, 5.74) is 1.02. The average Bonchev–Trinajstić information content (AvgIpc) is 3.18. The lowest BCUT2D eigenvalue weighted by atomic mass is 10.2. The monoisotopic (exact) mass is 422 g/mol. The molecule has 0 unspecified atom stereocenters. The Kier molecular flexibility index (Phi) is 7.04. The molecule has 1 N–H and O–H groups in total. The van der Waals surface area contributed by atoms with Gasteiger partial charge in [-0.25, -0.2) is 0 Å². The van der Waals surface area contributed by atoms with Crippen LogP contribution in [0.5, 0.6) is 0 Å². The zero-order valence-corrected chi connectivity index (χ0v) is 17.2. The normalized spacial score (nSPS) is 14.2. The molecule has 150 valence electrons. The van der Waals surface area contributed by atoms with Crippen LogP contribution in [0.15, 0.2) is 28.6 Å². The van der Waals surface area contributed by atoms with E-state index >= 15 is 0 Å². The fourth-order valence-corrected chi connectivity index (χ4v) is 4.47. The predicted molar refractivity (Wildman–Crippen MR) is 111 cm³/mol. The number of non-ortho nitro benzene ring substituents is 1. The Balaban J connectivity index is 1.44. The van der Waals surface area contributed by atoms with E-state index in [0.717, 1.165) is 28.1 Å². The van der Waals surface area contributed by atoms with Crippen LogP contribution in [0.4, 0.5) is 16.5 Å². The molecule has 0 spiro atoms. The Morgan fingerprint density at radius 2 is 1.96 bits per heavy atom. The number of piperazine rings is 1. The fourth-order valence-electron chi connectivity index (χ4n) is 2.79. The van der Waals surface area contributed by atoms with Gasteiger partial charge in [0.05, 0.1) is 10.7 Å². The summed E-state index contributed by atoms with van der Waals surface area (Å²) in [6, 6.07) is 6.53. The van der Waals surface area contributed by atoms with Crippen molar-refractivity contribution in [3.8, 4) is 0 Å². The summed E-state index contributed by atoms with van der Waals surface area (Å²) < 4.78 is 0.788. The molecule has 0 aliphatic carbocycles. The van der Waals surface area contributed by atoms with Crippen molar-refractivity contribution in [3.05, 3.63) is 34.4 Å². The fraction of sp³-hybridized carbons (Fsp3) is 0.471. The van der Waals surface area contributed by atoms with Crippen LogP contribution in [0.1, 0.15) is 13.3 Å². The van der Waals surface area contributed by atoms with E-state index in [2.05, 4.69) is 27.3 Å². The van der Waals surface area contributed by atoms with E-state index in [1.807, 2.05) is 4.90 Å². The first kappa shape index (κ1) is 20.3. The van der Waals surface area contributed by atoms with Gasteiger partial charge in [0.1, 0.15) is 0 Å². The lowest BCUT2D eigenvalue weighted by molar-refractivity contribution is -0.384. The van der Waals surface area contributed by atoms with E-state index in [1.54, 1.807) is 12.1 Å². The van der Waals surface area contributed by atoms with Crippen molar-refractivity contribution in [3.63, 3.8) is 0 Å². The summed E-state index contributed by atoms with van der Waals surface area (Å²) in [5.74, 6) is 0.437. The molecule has 2 aromatic rings. The molecule has 0 radical (unpaired) electrons. The van der Waals surface area contributed by atoms with Gasteiger partial charge in [0.25, 0.3) is 5.69 Å². The van der Waals surface area contributed by atoms with Gasteiger partial charge in [0, 0.05) is 50.5 Å². The van der Waals surface area contributed by atoms with Crippen LogP contribution in [0, 0.1) is 10.1 Å². The number of amides is 1. The number of nitrogens with one attached hydrogen (secondary N) is 1. The molecule has 1 aromatic heterocycles. The maximum absolute atomic E-state index is 12.5. The van der Waals surface area contributed by atoms with Gasteiger partial charge in [-0.2, -0.15) is 0 Å². The van der Waals surface area contributed by atoms with Crippen LogP contribution in [-0.4, -0.2) is 64.4 Å². The van der Waals surface area contributed by atoms with E-state index in [0.29, 0.717) is 31.9 Å². The zero-order valence-electron chi connectivity index (χ0n) is 15.5. The highest BCUT2D eigenvalue weighted by atomic mass is 32.2. The SMILES string of the molecule is CCCNc1nnc(SCC(=O)N2CCN(c3ccc([N+](=O)[O-])cc3)CC2)s1. The van der Waals surface area contributed by atoms with Crippen molar-refractivity contribution in [1.29, 1.82) is 0 Å². The van der Waals surface area contributed by atoms with E-state index in [9.17, 15) is 14.9 Å². The van der Waals surface area contributed by atoms with Gasteiger partial charge in [-0.1, -0.05) is 30.0 Å². The number of nitrogens with zero attached hydrogens (tertiary/aromatic N) is 5. The molecule has 1 aliphatic rings. The smallest absolute Gasteiger partial charge is 0.269 e. The molecule has 0 atom stereocenters. The molecule has 9 nitrogen and oxygen atoms in total. The quantitative estimate of drug-likeness (QED) is 0.393. The second kappa shape index (κ2) is 9.69. The molecule has 1 aromatic carbocycles. The van der Waals surface area contributed by atoms with Gasteiger partial charge in [-0.05, 0) is 18.6 Å². The number of benzene rings is 1. The average molecular weight is 423 g/mol. The number of nitro groups is 1. The summed E-state index contributed by atoms with van der Waals surface area (Å²) in [6.45, 7) is 5.63. The molecule has 0 bridgehead atoms. The number of rotatable bonds is 8. The highest BCUT2D eigenvalue weighted by molar-refractivity contribution is 8.01. The topological polar surface area (TPSA) is 104 Å². The molecular weight excluding hydrogens is 400 g/mol. The first-order chi connectivity index (χ1) is 13.6. The number of anilines is 2. The molecule has 28 heavy (non-hydrogen) atoms. The van der Waals surface area contributed by atoms with Crippen LogP contribution in [0.3, 0.4) is 0 Å². The second-order valence-corrected chi connectivity index (χ2v) is 8.43. The molecular formula is C17H22N6O3S2. The van der Waals surface area contributed by atoms with Crippen LogP contribution in [-0.2, 0) is 4.79 Å². The number of hydrogen-bond acceptors (Lipinski definition) is 9. The van der Waals surface area contributed by atoms with Crippen molar-refractivity contribution in [1.82, 2.24) is 15.1 Å². The van der Waals surface area contributed by atoms with Gasteiger partial charge in [-0.15, -0.1) is 10.2 Å². The van der Waals surface area contributed by atoms with Crippen LogP contribution in [0.25, 0.3) is 0 Å². The number of hydrogen-bond donors (Lipinski definition) is 1. The Morgan fingerprint density at radius 3 is 2.61 bits per heavy atom. The van der Waals surface area contributed by atoms with E-state index in [1.165, 1.54) is 35.2 Å². The largest absolute Gasteiger partial charge is 0.368 e. The van der Waals surface area contributed by atoms with E-state index in [-0.39, 0.29) is 11.6 Å². The van der Waals surface area contributed by atoms with Crippen molar-refractivity contribution in [2.24, 2.45) is 0 Å². The number of nitro benzene ring substituents is 1.